The Kier molecular flexibility index (Phi) is 6.65. The zero-order chi connectivity index (χ0) is 13.5. The fourth-order valence-corrected chi connectivity index (χ4v) is 2.58. The van der Waals surface area contributed by atoms with Crippen molar-refractivity contribution in [3.63, 3.8) is 0 Å². The largest absolute Gasteiger partial charge is 0.354 e. The van der Waals surface area contributed by atoms with Crippen LogP contribution < -0.4 is 11.1 Å². The number of carbonyl (C=O) groups excluding carboxylic acids is 1. The number of hydrogen-bond donors (Lipinski definition) is 2. The van der Waals surface area contributed by atoms with Crippen molar-refractivity contribution in [3.05, 3.63) is 0 Å². The Morgan fingerprint density at radius 1 is 1.50 bits per heavy atom. The summed E-state index contributed by atoms with van der Waals surface area (Å²) in [6.07, 6.45) is 2.92. The van der Waals surface area contributed by atoms with Gasteiger partial charge in [-0.3, -0.25) is 4.79 Å². The molecule has 2 atom stereocenters. The Morgan fingerprint density at radius 2 is 2.22 bits per heavy atom. The third-order valence-corrected chi connectivity index (χ3v) is 3.49. The fraction of sp³-hybridized carbons (Fsp3) is 0.929. The molecule has 2 unspecified atom stereocenters. The maximum absolute atomic E-state index is 11.7. The number of nitrogens with zero attached hydrogens (tertiary/aromatic N) is 1. The average Bonchev–Trinajstić information content (AvgIpc) is 2.73. The minimum absolute atomic E-state index is 0.0131. The first kappa shape index (κ1) is 15.4. The Bertz CT molecular complexity index is 255. The van der Waals surface area contributed by atoms with E-state index in [1.807, 2.05) is 6.92 Å². The van der Waals surface area contributed by atoms with Gasteiger partial charge in [0.15, 0.2) is 0 Å². The van der Waals surface area contributed by atoms with Crippen molar-refractivity contribution < 1.29 is 4.79 Å². The normalized spacial score (nSPS) is 22.4. The molecule has 0 bridgehead atoms. The third kappa shape index (κ3) is 5.36. The second kappa shape index (κ2) is 7.74. The number of likely N-dealkylation sites (tertiary alicyclic amines) is 1. The van der Waals surface area contributed by atoms with Crippen LogP contribution in [0.5, 0.6) is 0 Å². The molecule has 3 N–H and O–H groups in total. The fourth-order valence-electron chi connectivity index (χ4n) is 2.58. The van der Waals surface area contributed by atoms with Gasteiger partial charge < -0.3 is 16.0 Å². The van der Waals surface area contributed by atoms with Gasteiger partial charge in [-0.05, 0) is 31.2 Å². The van der Waals surface area contributed by atoms with E-state index in [1.165, 1.54) is 19.5 Å². The second-order valence-electron chi connectivity index (χ2n) is 5.95. The molecule has 1 rings (SSSR count). The summed E-state index contributed by atoms with van der Waals surface area (Å²) in [5.74, 6) is 1.33. The van der Waals surface area contributed by atoms with Crippen molar-refractivity contribution in [2.45, 2.75) is 46.1 Å². The zero-order valence-corrected chi connectivity index (χ0v) is 12.1. The van der Waals surface area contributed by atoms with E-state index in [4.69, 9.17) is 5.73 Å². The maximum atomic E-state index is 11.7. The molecule has 0 spiro atoms. The van der Waals surface area contributed by atoms with Crippen LogP contribution in [-0.2, 0) is 4.79 Å². The highest BCUT2D eigenvalue weighted by molar-refractivity contribution is 5.81. The topological polar surface area (TPSA) is 58.4 Å². The summed E-state index contributed by atoms with van der Waals surface area (Å²) in [6.45, 7) is 10.8. The van der Waals surface area contributed by atoms with Gasteiger partial charge in [0.2, 0.25) is 5.91 Å². The van der Waals surface area contributed by atoms with Crippen LogP contribution in [0.15, 0.2) is 0 Å². The molecule has 106 valence electrons. The predicted octanol–water partition coefficient (Wildman–Crippen LogP) is 1.21. The highest BCUT2D eigenvalue weighted by atomic mass is 16.2. The number of nitrogens with one attached hydrogen (secondary N) is 1. The van der Waals surface area contributed by atoms with Gasteiger partial charge in [-0.1, -0.05) is 27.2 Å². The molecule has 4 nitrogen and oxygen atoms in total. The quantitative estimate of drug-likeness (QED) is 0.719. The summed E-state index contributed by atoms with van der Waals surface area (Å²) in [7, 11) is 0. The van der Waals surface area contributed by atoms with Gasteiger partial charge in [0.1, 0.15) is 0 Å². The number of carbonyl (C=O) groups is 1. The van der Waals surface area contributed by atoms with Gasteiger partial charge in [0, 0.05) is 19.6 Å². The first-order valence-electron chi connectivity index (χ1n) is 7.28. The Morgan fingerprint density at radius 3 is 2.83 bits per heavy atom. The van der Waals surface area contributed by atoms with Crippen molar-refractivity contribution in [2.24, 2.45) is 17.6 Å². The van der Waals surface area contributed by atoms with Crippen molar-refractivity contribution in [1.82, 2.24) is 10.2 Å². The summed E-state index contributed by atoms with van der Waals surface area (Å²) >= 11 is 0. The number of rotatable bonds is 7. The maximum Gasteiger partial charge on any atom is 0.236 e. The van der Waals surface area contributed by atoms with Gasteiger partial charge in [-0.2, -0.15) is 0 Å². The van der Waals surface area contributed by atoms with Gasteiger partial charge in [0.25, 0.3) is 0 Å². The van der Waals surface area contributed by atoms with Crippen LogP contribution in [0.1, 0.15) is 40.0 Å². The predicted molar refractivity (Wildman–Crippen MR) is 75.3 cm³/mol. The molecule has 0 saturated carbocycles. The average molecular weight is 255 g/mol. The number of amides is 1. The Labute approximate surface area is 111 Å². The molecule has 1 saturated heterocycles. The summed E-state index contributed by atoms with van der Waals surface area (Å²) in [5, 5.41) is 2.99. The lowest BCUT2D eigenvalue weighted by molar-refractivity contribution is -0.122. The summed E-state index contributed by atoms with van der Waals surface area (Å²) < 4.78 is 0. The van der Waals surface area contributed by atoms with Gasteiger partial charge in [-0.25, -0.2) is 0 Å². The molecule has 1 heterocycles. The molecule has 18 heavy (non-hydrogen) atoms. The minimum Gasteiger partial charge on any atom is -0.354 e. The molecule has 0 aliphatic carbocycles. The molecule has 1 fully saturated rings. The van der Waals surface area contributed by atoms with E-state index in [2.05, 4.69) is 24.1 Å². The van der Waals surface area contributed by atoms with Gasteiger partial charge in [0.05, 0.1) is 6.04 Å². The highest BCUT2D eigenvalue weighted by Gasteiger charge is 2.23. The van der Waals surface area contributed by atoms with Crippen LogP contribution >= 0.6 is 0 Å². The molecule has 0 aromatic rings. The van der Waals surface area contributed by atoms with E-state index >= 15 is 0 Å². The summed E-state index contributed by atoms with van der Waals surface area (Å²) in [5.41, 5.74) is 5.78. The Hall–Kier alpha value is -0.610. The molecular weight excluding hydrogens is 226 g/mol. The molecule has 0 radical (unpaired) electrons. The lowest BCUT2D eigenvalue weighted by Crippen LogP contribution is -2.42. The summed E-state index contributed by atoms with van der Waals surface area (Å²) in [4.78, 5) is 14.2. The van der Waals surface area contributed by atoms with Crippen LogP contribution in [0, 0.1) is 11.8 Å². The van der Waals surface area contributed by atoms with E-state index in [9.17, 15) is 4.79 Å². The van der Waals surface area contributed by atoms with Crippen LogP contribution in [0.3, 0.4) is 0 Å². The Balaban J connectivity index is 2.19. The van der Waals surface area contributed by atoms with Crippen molar-refractivity contribution in [2.75, 3.05) is 26.2 Å². The lowest BCUT2D eigenvalue weighted by atomic mass is 10.1. The highest BCUT2D eigenvalue weighted by Crippen LogP contribution is 2.16. The van der Waals surface area contributed by atoms with Crippen LogP contribution in [0.2, 0.25) is 0 Å². The molecule has 1 aliphatic heterocycles. The second-order valence-corrected chi connectivity index (χ2v) is 5.95. The minimum atomic E-state index is -0.330. The van der Waals surface area contributed by atoms with E-state index in [0.29, 0.717) is 5.92 Å². The summed E-state index contributed by atoms with van der Waals surface area (Å²) in [6, 6.07) is -0.330. The SMILES string of the molecule is CCCC(N)C(=O)NCC1CCN(CC(C)C)C1. The third-order valence-electron chi connectivity index (χ3n) is 3.49. The first-order valence-corrected chi connectivity index (χ1v) is 7.28. The molecule has 1 amide bonds. The van der Waals surface area contributed by atoms with Crippen LogP contribution in [-0.4, -0.2) is 43.0 Å². The van der Waals surface area contributed by atoms with Crippen LogP contribution in [0.25, 0.3) is 0 Å². The van der Waals surface area contributed by atoms with Crippen molar-refractivity contribution in [1.29, 1.82) is 0 Å². The number of nitrogens with two attached hydrogens (primary N) is 1. The first-order chi connectivity index (χ1) is 8.52. The van der Waals surface area contributed by atoms with E-state index in [0.717, 1.165) is 31.8 Å². The molecular formula is C14H29N3O. The monoisotopic (exact) mass is 255 g/mol. The molecule has 1 aliphatic rings. The number of hydrogen-bond acceptors (Lipinski definition) is 3. The van der Waals surface area contributed by atoms with E-state index in [1.54, 1.807) is 0 Å². The van der Waals surface area contributed by atoms with Gasteiger partial charge >= 0.3 is 0 Å². The standard InChI is InChI=1S/C14H29N3O/c1-4-5-13(15)14(18)16-8-12-6-7-17(10-12)9-11(2)3/h11-13H,4-10,15H2,1-3H3,(H,16,18). The van der Waals surface area contributed by atoms with Crippen molar-refractivity contribution >= 4 is 5.91 Å². The molecule has 4 heteroatoms. The smallest absolute Gasteiger partial charge is 0.236 e. The van der Waals surface area contributed by atoms with Crippen molar-refractivity contribution in [3.8, 4) is 0 Å². The molecule has 0 aromatic heterocycles. The lowest BCUT2D eigenvalue weighted by Gasteiger charge is -2.18. The van der Waals surface area contributed by atoms with Gasteiger partial charge in [-0.15, -0.1) is 0 Å². The van der Waals surface area contributed by atoms with E-state index in [-0.39, 0.29) is 11.9 Å². The van der Waals surface area contributed by atoms with E-state index < -0.39 is 0 Å². The molecule has 0 aromatic carbocycles. The zero-order valence-electron chi connectivity index (χ0n) is 12.1. The van der Waals surface area contributed by atoms with Crippen LogP contribution in [0.4, 0.5) is 0 Å².